The van der Waals surface area contributed by atoms with Gasteiger partial charge in [-0.05, 0) is 48.0 Å². The van der Waals surface area contributed by atoms with Crippen molar-refractivity contribution in [2.75, 3.05) is 126 Å². The summed E-state index contributed by atoms with van der Waals surface area (Å²) in [7, 11) is -0.941. The molecule has 9 N–H and O–H groups in total. The molecule has 12 rings (SSSR count). The van der Waals surface area contributed by atoms with Crippen LogP contribution in [0.15, 0.2) is 85.1 Å². The number of aromatic amines is 4. The van der Waals surface area contributed by atoms with E-state index in [1.54, 1.807) is 13.8 Å². The van der Waals surface area contributed by atoms with Gasteiger partial charge in [0.2, 0.25) is 0 Å². The minimum absolute atomic E-state index is 0.0157. The summed E-state index contributed by atoms with van der Waals surface area (Å²) < 4.78 is 177. The van der Waals surface area contributed by atoms with Crippen LogP contribution in [0, 0.1) is 41.5 Å². The molecule has 9 unspecified atom stereocenters. The minimum Gasteiger partial charge on any atom is -0.780 e. The lowest BCUT2D eigenvalue weighted by Crippen LogP contribution is -2.43. The number of nitrogen functional groups attached to an aromatic ring is 2. The van der Waals surface area contributed by atoms with Crippen molar-refractivity contribution in [3.05, 3.63) is 175 Å². The van der Waals surface area contributed by atoms with E-state index in [4.69, 9.17) is 171 Å². The molecular weight excluding hydrogens is 2010 g/mol. The number of H-pyrrole nitrogens is 4. The molecule has 137 heavy (non-hydrogen) atoms. The Kier molecular flexibility index (Phi) is 37.6. The maximum atomic E-state index is 15.4. The van der Waals surface area contributed by atoms with E-state index >= 15 is 14.4 Å². The maximum absolute atomic E-state index is 15.4. The zero-order valence-corrected chi connectivity index (χ0v) is 82.6. The first kappa shape index (κ1) is 109. The molecular formula is C73H102N14O41P5S4-5. The predicted molar refractivity (Wildman–Crippen MR) is 475 cm³/mol. The minimum atomic E-state index is -6.19. The van der Waals surface area contributed by atoms with Gasteiger partial charge in [-0.2, -0.15) is 9.97 Å². The van der Waals surface area contributed by atoms with E-state index in [0.29, 0.717) is 5.56 Å². The molecule has 6 aromatic heterocycles. The Morgan fingerprint density at radius 2 is 0.708 bits per heavy atom. The highest BCUT2D eigenvalue weighted by molar-refractivity contribution is 8.32. The monoisotopic (exact) mass is 2110 g/mol. The fourth-order valence-corrected chi connectivity index (χ4v) is 22.1. The normalized spacial score (nSPS) is 29.5. The van der Waals surface area contributed by atoms with Gasteiger partial charge in [0.15, 0.2) is 31.7 Å². The first-order valence-corrected chi connectivity index (χ1v) is 53.6. The van der Waals surface area contributed by atoms with Gasteiger partial charge in [0.05, 0.1) is 104 Å². The average molecular weight is 2110 g/mol. The van der Waals surface area contributed by atoms with Crippen LogP contribution in [0.2, 0.25) is 0 Å². The number of rotatable bonds is 48. The van der Waals surface area contributed by atoms with Crippen LogP contribution in [-0.4, -0.2) is 274 Å². The summed E-state index contributed by atoms with van der Waals surface area (Å²) in [5, 5.41) is 11.7. The molecule has 55 nitrogen and oxygen atoms in total. The zero-order chi connectivity index (χ0) is 99.8. The van der Waals surface area contributed by atoms with E-state index in [1.807, 2.05) is 0 Å². The Morgan fingerprint density at radius 3 is 1.11 bits per heavy atom. The number of aromatic nitrogens is 12. The van der Waals surface area contributed by atoms with Crippen LogP contribution < -0.4 is 87.4 Å². The number of nitrogens with one attached hydrogen (secondary N) is 4. The standard InChI is InChI=1S/C73H107N14O41P5S4/c1-12-40-41(21-48(118-40)82-25-36(4)60(89)78-70(82)95)124-130(101,134)114-29-43-42(22-49(119-43)83-26-37(5)61(90)79-71(83)96)125-131(102,135)116-32-46-51(55(110-18-14-106-9)65(122-46)86-27-38(6)62(91)80-72(86)97)126-129(99,100)113-31-45-52(56(111-19-15-107-10)67(121-45)87-28-39(7)63(92)81-73(87)98)127-133(104,137)117-33-47-53(57(112-20-16-108-11)66(123-47)85-24-35(3)59(75)77-69(85)94)128-132(103,136)115-30-44-50(88)54(109-17-13-105-8)64(120-44)84-23-34(2)58(74)76-68(84)93/h23-28,40-57,64-67,88H,12-22,29-33H2,1-11H3,(H,99,100)(H,101,134)(H,102,135)(H,103,136)(H,104,137)(H2,74,76,93)(H2,75,77,94)(H,78,89,95)(H,79,90,96)(H,80,91,97)(H,81,92,98)/p-5/t40-,41-,42-,43-,44-,45-,46-,47-,48-,49-,50+,51+,52+,53+,54?,55?,56?,57?,64-,65-,66-,67-,130?,131?,132?,133?/m1/s1. The number of hydrogen-bond donors (Lipinski definition) is 7. The van der Waals surface area contributed by atoms with Crippen molar-refractivity contribution in [1.29, 1.82) is 0 Å². The lowest BCUT2D eigenvalue weighted by molar-refractivity contribution is -0.238. The number of phosphoric ester groups is 1. The van der Waals surface area contributed by atoms with Gasteiger partial charge < -0.3 is 160 Å². The summed E-state index contributed by atoms with van der Waals surface area (Å²) in [6.07, 6.45) is -29.6. The summed E-state index contributed by atoms with van der Waals surface area (Å²) in [4.78, 5) is 208. The molecule has 6 fully saturated rings. The predicted octanol–water partition coefficient (Wildman–Crippen LogP) is -4.34. The SMILES string of the molecule is CC[C@H]1O[C@@H](n2cc(C)c(=O)[nH]c2=O)C[C@H]1OP([O-])(=S)OC[C@H]1O[C@@H](n2cc(C)c(=O)[nH]c2=O)C[C@H]1OP(=O)([S-])OC[C@H]1O[C@@H](n2cc(C)c(=O)[nH]c2=O)C(OCCOC)[C@H]1OP(=O)([O-])OC[C@H]1O[C@@H](n2cc(C)c(=O)[nH]c2=O)C(OCCOC)[C@H]1OP([O-])(=S)OC[C@H]1O[C@@H](n2cc(C)c(N)nc2=O)C(OCCOC)[C@H]1OP([O-])(=S)OC[C@H]1O[C@@H](n2cc(C)c(N)nc2=O)C(OCCOC)[C@H]1O. The van der Waals surface area contributed by atoms with Gasteiger partial charge in [-0.15, -0.1) is 0 Å². The molecule has 0 spiro atoms. The largest absolute Gasteiger partial charge is 0.780 e. The van der Waals surface area contributed by atoms with Crippen LogP contribution in [0.1, 0.15) is 96.9 Å². The highest BCUT2D eigenvalue weighted by atomic mass is 32.7. The van der Waals surface area contributed by atoms with E-state index in [0.717, 1.165) is 46.0 Å². The fraction of sp³-hybridized carbons (Fsp3) is 0.671. The van der Waals surface area contributed by atoms with Gasteiger partial charge in [-0.3, -0.25) is 75.6 Å². The van der Waals surface area contributed by atoms with Crippen molar-refractivity contribution in [2.45, 2.75) is 203 Å². The summed E-state index contributed by atoms with van der Waals surface area (Å²) in [6.45, 7) is -17.4. The third kappa shape index (κ3) is 27.2. The second-order valence-electron chi connectivity index (χ2n) is 31.8. The molecule has 0 aromatic carbocycles. The van der Waals surface area contributed by atoms with Gasteiger partial charge in [-0.1, -0.05) is 42.3 Å². The van der Waals surface area contributed by atoms with Gasteiger partial charge in [0.1, 0.15) is 124 Å². The average Bonchev–Trinajstić information content (AvgIpc) is 1.64. The summed E-state index contributed by atoms with van der Waals surface area (Å²) >= 11 is 22.0. The molecule has 12 heterocycles. The summed E-state index contributed by atoms with van der Waals surface area (Å²) in [5.74, 6) is -0.308. The number of aliphatic hydroxyl groups is 1. The number of phosphoric acid groups is 1. The first-order valence-electron chi connectivity index (χ1n) is 41.9. The molecule has 27 atom stereocenters. The molecule has 6 saturated heterocycles. The Morgan fingerprint density at radius 1 is 0.401 bits per heavy atom. The third-order valence-electron chi connectivity index (χ3n) is 22.2. The number of anilines is 2. The number of methoxy groups -OCH3 is 4. The van der Waals surface area contributed by atoms with Crippen LogP contribution in [0.25, 0.3) is 0 Å². The first-order chi connectivity index (χ1) is 64.7. The fourth-order valence-electron chi connectivity index (χ4n) is 15.3. The molecule has 6 aromatic rings. The van der Waals surface area contributed by atoms with E-state index in [-0.39, 0.29) is 91.9 Å². The molecule has 764 valence electrons. The van der Waals surface area contributed by atoms with Crippen LogP contribution in [0.4, 0.5) is 11.6 Å². The Hall–Kier alpha value is -6.32. The van der Waals surface area contributed by atoms with Gasteiger partial charge in [0, 0.05) is 112 Å². The Labute approximate surface area is 796 Å². The second-order valence-corrected chi connectivity index (χ2v) is 44.0. The van der Waals surface area contributed by atoms with Crippen molar-refractivity contribution in [3.8, 4) is 0 Å². The molecule has 0 bridgehead atoms. The molecule has 0 radical (unpaired) electrons. The van der Waals surface area contributed by atoms with Crippen LogP contribution in [-0.2, 0) is 168 Å². The lowest BCUT2D eigenvalue weighted by atomic mass is 10.1. The van der Waals surface area contributed by atoms with E-state index < -0.39 is 279 Å². The number of nitrogens with two attached hydrogens (primary N) is 2. The molecule has 0 saturated carbocycles. The topological polar surface area (TPSA) is 709 Å². The van der Waals surface area contributed by atoms with Crippen LogP contribution in [0.5, 0.6) is 0 Å². The van der Waals surface area contributed by atoms with Crippen LogP contribution >= 0.6 is 34.8 Å². The van der Waals surface area contributed by atoms with Crippen molar-refractivity contribution < 1.29 is 145 Å². The third-order valence-corrected chi connectivity index (χ3v) is 29.4. The number of aryl methyl sites for hydroxylation is 6. The van der Waals surface area contributed by atoms with Crippen molar-refractivity contribution in [1.82, 2.24) is 57.3 Å². The number of aliphatic hydroxyl groups excluding tert-OH is 1. The molecule has 0 amide bonds. The van der Waals surface area contributed by atoms with Crippen molar-refractivity contribution in [2.24, 2.45) is 0 Å². The highest BCUT2D eigenvalue weighted by Gasteiger charge is 2.55. The maximum Gasteiger partial charge on any atom is 0.351 e. The summed E-state index contributed by atoms with van der Waals surface area (Å²) in [6, 6.07) is 0. The highest BCUT2D eigenvalue weighted by Crippen LogP contribution is 2.56. The van der Waals surface area contributed by atoms with Crippen LogP contribution in [0.3, 0.4) is 0 Å². The van der Waals surface area contributed by atoms with Gasteiger partial charge >= 0.3 is 34.1 Å². The smallest absolute Gasteiger partial charge is 0.351 e. The zero-order valence-electron chi connectivity index (χ0n) is 74.9. The van der Waals surface area contributed by atoms with Gasteiger partial charge in [-0.25, -0.2) is 28.8 Å². The summed E-state index contributed by atoms with van der Waals surface area (Å²) in [5.41, 5.74) is 3.21. The second kappa shape index (κ2) is 47.0. The van der Waals surface area contributed by atoms with Crippen molar-refractivity contribution >= 4 is 94.1 Å². The quantitative estimate of drug-likeness (QED) is 0.0108. The molecule has 6 aliphatic heterocycles. The molecule has 64 heteroatoms. The van der Waals surface area contributed by atoms with Gasteiger partial charge in [0.25, 0.3) is 30.1 Å². The number of ether oxygens (including phenoxy) is 14. The van der Waals surface area contributed by atoms with E-state index in [9.17, 15) is 67.4 Å². The molecule has 0 aliphatic carbocycles. The number of nitrogens with zero attached hydrogens (tertiary/aromatic N) is 8. The number of hydrogen-bond acceptors (Lipinski definition) is 49. The Bertz CT molecular complexity index is 6170. The molecule has 6 aliphatic rings. The van der Waals surface area contributed by atoms with E-state index in [1.165, 1.54) is 81.6 Å². The van der Waals surface area contributed by atoms with E-state index in [2.05, 4.69) is 29.9 Å². The Balaban J connectivity index is 0.824. The lowest BCUT2D eigenvalue weighted by Gasteiger charge is -2.37. The van der Waals surface area contributed by atoms with Crippen molar-refractivity contribution in [3.63, 3.8) is 0 Å².